The predicted molar refractivity (Wildman–Crippen MR) is 69.7 cm³/mol. The molecule has 0 spiro atoms. The van der Waals surface area contributed by atoms with Gasteiger partial charge in [-0.15, -0.1) is 0 Å². The SMILES string of the molecule is CC(C)CNCCC1(OCC(C)C)CCC1. The molecule has 1 saturated carbocycles. The van der Waals surface area contributed by atoms with Crippen molar-refractivity contribution < 1.29 is 4.74 Å². The zero-order chi connectivity index (χ0) is 12.0. The molecule has 0 bridgehead atoms. The maximum absolute atomic E-state index is 6.09. The Morgan fingerprint density at radius 3 is 2.25 bits per heavy atom. The van der Waals surface area contributed by atoms with Crippen LogP contribution in [0.5, 0.6) is 0 Å². The fourth-order valence-electron chi connectivity index (χ4n) is 2.09. The van der Waals surface area contributed by atoms with Gasteiger partial charge in [0.25, 0.3) is 0 Å². The second-order valence-electron chi connectivity index (χ2n) is 6.09. The Labute approximate surface area is 101 Å². The lowest BCUT2D eigenvalue weighted by Gasteiger charge is -2.42. The normalized spacial score (nSPS) is 19.1. The second-order valence-corrected chi connectivity index (χ2v) is 6.09. The number of hydrogen-bond acceptors (Lipinski definition) is 2. The molecule has 0 aromatic heterocycles. The molecule has 96 valence electrons. The van der Waals surface area contributed by atoms with Crippen molar-refractivity contribution in [2.24, 2.45) is 11.8 Å². The Bertz CT molecular complexity index is 185. The molecular weight excluding hydrogens is 198 g/mol. The summed E-state index contributed by atoms with van der Waals surface area (Å²) < 4.78 is 6.09. The first-order chi connectivity index (χ1) is 7.54. The summed E-state index contributed by atoms with van der Waals surface area (Å²) in [5.41, 5.74) is 0.230. The van der Waals surface area contributed by atoms with E-state index in [0.717, 1.165) is 25.6 Å². The van der Waals surface area contributed by atoms with Gasteiger partial charge in [-0.05, 0) is 50.6 Å². The number of hydrogen-bond donors (Lipinski definition) is 1. The highest BCUT2D eigenvalue weighted by atomic mass is 16.5. The Morgan fingerprint density at radius 2 is 1.81 bits per heavy atom. The number of ether oxygens (including phenoxy) is 1. The van der Waals surface area contributed by atoms with Gasteiger partial charge in [-0.2, -0.15) is 0 Å². The van der Waals surface area contributed by atoms with E-state index in [4.69, 9.17) is 4.74 Å². The van der Waals surface area contributed by atoms with Gasteiger partial charge in [0, 0.05) is 6.61 Å². The van der Waals surface area contributed by atoms with Crippen molar-refractivity contribution in [3.05, 3.63) is 0 Å². The van der Waals surface area contributed by atoms with Crippen molar-refractivity contribution >= 4 is 0 Å². The molecule has 2 nitrogen and oxygen atoms in total. The van der Waals surface area contributed by atoms with Crippen LogP contribution >= 0.6 is 0 Å². The Kier molecular flexibility index (Phi) is 5.77. The maximum Gasteiger partial charge on any atom is 0.0694 e. The molecule has 0 aromatic rings. The Hall–Kier alpha value is -0.0800. The quantitative estimate of drug-likeness (QED) is 0.643. The van der Waals surface area contributed by atoms with E-state index in [-0.39, 0.29) is 5.60 Å². The standard InChI is InChI=1S/C14H29NO/c1-12(2)10-15-9-8-14(6-5-7-14)16-11-13(3)4/h12-13,15H,5-11H2,1-4H3. The van der Waals surface area contributed by atoms with Crippen LogP contribution in [-0.2, 0) is 4.74 Å². The molecule has 1 rings (SSSR count). The molecule has 0 aliphatic heterocycles. The Morgan fingerprint density at radius 1 is 1.12 bits per heavy atom. The van der Waals surface area contributed by atoms with Gasteiger partial charge in [0.1, 0.15) is 0 Å². The van der Waals surface area contributed by atoms with Crippen LogP contribution in [0.2, 0.25) is 0 Å². The summed E-state index contributed by atoms with van der Waals surface area (Å²) in [5.74, 6) is 1.40. The fraction of sp³-hybridized carbons (Fsp3) is 1.00. The minimum absolute atomic E-state index is 0.230. The third kappa shape index (κ3) is 4.84. The molecule has 1 N–H and O–H groups in total. The van der Waals surface area contributed by atoms with Gasteiger partial charge in [-0.1, -0.05) is 27.7 Å². The largest absolute Gasteiger partial charge is 0.375 e. The van der Waals surface area contributed by atoms with Crippen molar-refractivity contribution in [2.45, 2.75) is 59.0 Å². The van der Waals surface area contributed by atoms with E-state index in [1.807, 2.05) is 0 Å². The van der Waals surface area contributed by atoms with E-state index in [0.29, 0.717) is 5.92 Å². The van der Waals surface area contributed by atoms with Gasteiger partial charge in [-0.3, -0.25) is 0 Å². The molecule has 0 atom stereocenters. The average Bonchev–Trinajstić information content (AvgIpc) is 2.13. The Balaban J connectivity index is 2.15. The first-order valence-corrected chi connectivity index (χ1v) is 6.89. The molecule has 1 aliphatic carbocycles. The van der Waals surface area contributed by atoms with E-state index < -0.39 is 0 Å². The molecular formula is C14H29NO. The van der Waals surface area contributed by atoms with Gasteiger partial charge >= 0.3 is 0 Å². The summed E-state index contributed by atoms with van der Waals surface area (Å²) >= 11 is 0. The molecule has 0 aromatic carbocycles. The molecule has 1 aliphatic rings. The zero-order valence-corrected chi connectivity index (χ0v) is 11.5. The van der Waals surface area contributed by atoms with E-state index in [9.17, 15) is 0 Å². The van der Waals surface area contributed by atoms with Crippen LogP contribution in [-0.4, -0.2) is 25.3 Å². The topological polar surface area (TPSA) is 21.3 Å². The average molecular weight is 227 g/mol. The van der Waals surface area contributed by atoms with Crippen LogP contribution in [0.4, 0.5) is 0 Å². The van der Waals surface area contributed by atoms with Crippen LogP contribution < -0.4 is 5.32 Å². The lowest BCUT2D eigenvalue weighted by atomic mass is 9.77. The minimum Gasteiger partial charge on any atom is -0.375 e. The molecule has 0 unspecified atom stereocenters. The summed E-state index contributed by atoms with van der Waals surface area (Å²) in [5, 5.41) is 3.52. The molecule has 0 radical (unpaired) electrons. The van der Waals surface area contributed by atoms with Crippen LogP contribution in [0.3, 0.4) is 0 Å². The van der Waals surface area contributed by atoms with Crippen LogP contribution in [0.1, 0.15) is 53.4 Å². The van der Waals surface area contributed by atoms with Crippen molar-refractivity contribution in [1.29, 1.82) is 0 Å². The lowest BCUT2D eigenvalue weighted by molar-refractivity contribution is -0.112. The number of nitrogens with one attached hydrogen (secondary N) is 1. The summed E-state index contributed by atoms with van der Waals surface area (Å²) in [4.78, 5) is 0. The van der Waals surface area contributed by atoms with Gasteiger partial charge in [-0.25, -0.2) is 0 Å². The van der Waals surface area contributed by atoms with Crippen molar-refractivity contribution in [1.82, 2.24) is 5.32 Å². The smallest absolute Gasteiger partial charge is 0.0694 e. The first-order valence-electron chi connectivity index (χ1n) is 6.89. The lowest BCUT2D eigenvalue weighted by Crippen LogP contribution is -2.43. The maximum atomic E-state index is 6.09. The number of rotatable bonds is 8. The van der Waals surface area contributed by atoms with Crippen LogP contribution in [0, 0.1) is 11.8 Å². The second kappa shape index (κ2) is 6.61. The van der Waals surface area contributed by atoms with Crippen LogP contribution in [0.15, 0.2) is 0 Å². The molecule has 0 amide bonds. The third-order valence-corrected chi connectivity index (χ3v) is 3.30. The monoisotopic (exact) mass is 227 g/mol. The van der Waals surface area contributed by atoms with Crippen molar-refractivity contribution in [3.63, 3.8) is 0 Å². The van der Waals surface area contributed by atoms with Gasteiger partial charge in [0.2, 0.25) is 0 Å². The fourth-order valence-corrected chi connectivity index (χ4v) is 2.09. The molecule has 16 heavy (non-hydrogen) atoms. The van der Waals surface area contributed by atoms with Crippen molar-refractivity contribution in [3.8, 4) is 0 Å². The first kappa shape index (κ1) is 14.0. The van der Waals surface area contributed by atoms with E-state index >= 15 is 0 Å². The minimum atomic E-state index is 0.230. The van der Waals surface area contributed by atoms with Crippen LogP contribution in [0.25, 0.3) is 0 Å². The van der Waals surface area contributed by atoms with Gasteiger partial charge in [0.15, 0.2) is 0 Å². The van der Waals surface area contributed by atoms with Gasteiger partial charge < -0.3 is 10.1 Å². The predicted octanol–water partition coefficient (Wildman–Crippen LogP) is 3.22. The third-order valence-electron chi connectivity index (χ3n) is 3.30. The summed E-state index contributed by atoms with van der Waals surface area (Å²) in [6, 6.07) is 0. The van der Waals surface area contributed by atoms with E-state index in [1.54, 1.807) is 0 Å². The van der Waals surface area contributed by atoms with E-state index in [1.165, 1.54) is 25.7 Å². The van der Waals surface area contributed by atoms with Gasteiger partial charge in [0.05, 0.1) is 5.60 Å². The van der Waals surface area contributed by atoms with E-state index in [2.05, 4.69) is 33.0 Å². The summed E-state index contributed by atoms with van der Waals surface area (Å²) in [6.07, 6.45) is 5.07. The van der Waals surface area contributed by atoms with Crippen molar-refractivity contribution in [2.75, 3.05) is 19.7 Å². The highest BCUT2D eigenvalue weighted by molar-refractivity contribution is 4.90. The summed E-state index contributed by atoms with van der Waals surface area (Å²) in [6.45, 7) is 12.1. The highest BCUT2D eigenvalue weighted by Gasteiger charge is 2.37. The molecule has 0 saturated heterocycles. The zero-order valence-electron chi connectivity index (χ0n) is 11.5. The summed E-state index contributed by atoms with van der Waals surface area (Å²) in [7, 11) is 0. The molecule has 2 heteroatoms. The molecule has 1 fully saturated rings. The molecule has 0 heterocycles. The highest BCUT2D eigenvalue weighted by Crippen LogP contribution is 2.38.